The van der Waals surface area contributed by atoms with Crippen molar-refractivity contribution in [3.8, 4) is 0 Å². The molecule has 1 fully saturated rings. The second-order valence-corrected chi connectivity index (χ2v) is 5.37. The van der Waals surface area contributed by atoms with Gasteiger partial charge in [-0.05, 0) is 24.7 Å². The van der Waals surface area contributed by atoms with Gasteiger partial charge in [-0.25, -0.2) is 9.59 Å². The van der Waals surface area contributed by atoms with Crippen LogP contribution in [0.2, 0.25) is 0 Å². The van der Waals surface area contributed by atoms with Gasteiger partial charge < -0.3 is 15.3 Å². The number of likely N-dealkylation sites (tertiary alicyclic amines) is 1. The summed E-state index contributed by atoms with van der Waals surface area (Å²) in [6.45, 7) is 7.19. The molecule has 5 nitrogen and oxygen atoms in total. The summed E-state index contributed by atoms with van der Waals surface area (Å²) in [5.74, 6) is -0.535. The molecule has 0 bridgehead atoms. The summed E-state index contributed by atoms with van der Waals surface area (Å²) < 4.78 is 0. The van der Waals surface area contributed by atoms with Crippen molar-refractivity contribution >= 4 is 12.0 Å². The molecule has 0 spiro atoms. The van der Waals surface area contributed by atoms with Gasteiger partial charge in [0.2, 0.25) is 0 Å². The van der Waals surface area contributed by atoms with E-state index in [2.05, 4.69) is 12.2 Å². The molecule has 0 saturated carbocycles. The Balaban J connectivity index is 2.55. The highest BCUT2D eigenvalue weighted by Crippen LogP contribution is 2.19. The number of carbonyl (C=O) groups is 2. The molecule has 0 aromatic rings. The van der Waals surface area contributed by atoms with Gasteiger partial charge in [0.1, 0.15) is 6.04 Å². The van der Waals surface area contributed by atoms with E-state index in [0.29, 0.717) is 5.92 Å². The largest absolute Gasteiger partial charge is 0.480 e. The van der Waals surface area contributed by atoms with Gasteiger partial charge in [-0.2, -0.15) is 0 Å². The predicted molar refractivity (Wildman–Crippen MR) is 69.4 cm³/mol. The zero-order valence-electron chi connectivity index (χ0n) is 11.5. The van der Waals surface area contributed by atoms with Crippen LogP contribution in [0.15, 0.2) is 0 Å². The Bertz CT molecular complexity index is 305. The first kappa shape index (κ1) is 14.8. The summed E-state index contributed by atoms with van der Waals surface area (Å²) in [5, 5.41) is 11.7. The third kappa shape index (κ3) is 3.89. The number of carboxylic acid groups (broad SMARTS) is 1. The first-order chi connectivity index (χ1) is 8.45. The molecule has 1 aliphatic rings. The minimum Gasteiger partial charge on any atom is -0.480 e. The molecule has 0 radical (unpaired) electrons. The molecule has 18 heavy (non-hydrogen) atoms. The lowest BCUT2D eigenvalue weighted by atomic mass is 9.96. The molecule has 5 heteroatoms. The molecular formula is C13H24N2O3. The SMILES string of the molecule is CCC1CCCN(C(=O)NC(C(=O)O)C(C)C)C1. The number of rotatable bonds is 4. The number of carboxylic acids is 1. The van der Waals surface area contributed by atoms with Crippen LogP contribution in [0.25, 0.3) is 0 Å². The lowest BCUT2D eigenvalue weighted by molar-refractivity contribution is -0.140. The van der Waals surface area contributed by atoms with E-state index >= 15 is 0 Å². The van der Waals surface area contributed by atoms with Gasteiger partial charge in [-0.1, -0.05) is 27.2 Å². The average molecular weight is 256 g/mol. The fourth-order valence-corrected chi connectivity index (χ4v) is 2.32. The maximum absolute atomic E-state index is 12.0. The molecule has 1 heterocycles. The molecule has 1 rings (SSSR count). The number of nitrogens with zero attached hydrogens (tertiary/aromatic N) is 1. The first-order valence-electron chi connectivity index (χ1n) is 6.74. The van der Waals surface area contributed by atoms with E-state index in [1.54, 1.807) is 18.7 Å². The smallest absolute Gasteiger partial charge is 0.326 e. The number of hydrogen-bond acceptors (Lipinski definition) is 2. The second kappa shape index (κ2) is 6.61. The van der Waals surface area contributed by atoms with Crippen LogP contribution in [0.4, 0.5) is 4.79 Å². The fourth-order valence-electron chi connectivity index (χ4n) is 2.32. The number of nitrogens with one attached hydrogen (secondary N) is 1. The maximum Gasteiger partial charge on any atom is 0.326 e. The molecule has 2 N–H and O–H groups in total. The van der Waals surface area contributed by atoms with E-state index in [9.17, 15) is 9.59 Å². The molecule has 2 amide bonds. The molecule has 104 valence electrons. The minimum atomic E-state index is -0.970. The number of amides is 2. The Hall–Kier alpha value is -1.26. The van der Waals surface area contributed by atoms with Crippen molar-refractivity contribution in [2.45, 2.75) is 46.1 Å². The number of aliphatic carboxylic acids is 1. The minimum absolute atomic E-state index is 0.113. The Labute approximate surface area is 109 Å². The van der Waals surface area contributed by atoms with Gasteiger partial charge in [0, 0.05) is 13.1 Å². The van der Waals surface area contributed by atoms with E-state index in [-0.39, 0.29) is 11.9 Å². The van der Waals surface area contributed by atoms with E-state index < -0.39 is 12.0 Å². The van der Waals surface area contributed by atoms with E-state index in [0.717, 1.165) is 32.4 Å². The lowest BCUT2D eigenvalue weighted by Gasteiger charge is -2.33. The van der Waals surface area contributed by atoms with Gasteiger partial charge in [-0.3, -0.25) is 0 Å². The van der Waals surface area contributed by atoms with Crippen LogP contribution in [0, 0.1) is 11.8 Å². The van der Waals surface area contributed by atoms with Crippen LogP contribution in [0.1, 0.15) is 40.0 Å². The molecule has 1 aliphatic heterocycles. The van der Waals surface area contributed by atoms with E-state index in [4.69, 9.17) is 5.11 Å². The summed E-state index contributed by atoms with van der Waals surface area (Å²) >= 11 is 0. The molecule has 0 aliphatic carbocycles. The van der Waals surface area contributed by atoms with Crippen LogP contribution >= 0.6 is 0 Å². The molecule has 0 aromatic heterocycles. The normalized spacial score (nSPS) is 21.8. The molecule has 1 saturated heterocycles. The van der Waals surface area contributed by atoms with Crippen molar-refractivity contribution in [3.63, 3.8) is 0 Å². The summed E-state index contributed by atoms with van der Waals surface area (Å²) in [6, 6.07) is -1.05. The zero-order chi connectivity index (χ0) is 13.7. The highest BCUT2D eigenvalue weighted by atomic mass is 16.4. The third-order valence-corrected chi connectivity index (χ3v) is 3.60. The van der Waals surface area contributed by atoms with Gasteiger partial charge in [-0.15, -0.1) is 0 Å². The van der Waals surface area contributed by atoms with Crippen molar-refractivity contribution in [2.24, 2.45) is 11.8 Å². The van der Waals surface area contributed by atoms with Gasteiger partial charge in [0.25, 0.3) is 0 Å². The highest BCUT2D eigenvalue weighted by Gasteiger charge is 2.28. The second-order valence-electron chi connectivity index (χ2n) is 5.37. The zero-order valence-corrected chi connectivity index (χ0v) is 11.5. The van der Waals surface area contributed by atoms with E-state index in [1.165, 1.54) is 0 Å². The standard InChI is InChI=1S/C13H24N2O3/c1-4-10-6-5-7-15(8-10)13(18)14-11(9(2)3)12(16)17/h9-11H,4-8H2,1-3H3,(H,14,18)(H,16,17). The number of urea groups is 1. The predicted octanol–water partition coefficient (Wildman–Crippen LogP) is 1.93. The van der Waals surface area contributed by atoms with Crippen LogP contribution < -0.4 is 5.32 Å². The molecular weight excluding hydrogens is 232 g/mol. The van der Waals surface area contributed by atoms with Crippen molar-refractivity contribution in [1.82, 2.24) is 10.2 Å². The van der Waals surface area contributed by atoms with Crippen molar-refractivity contribution in [1.29, 1.82) is 0 Å². The van der Waals surface area contributed by atoms with Gasteiger partial charge in [0.15, 0.2) is 0 Å². The van der Waals surface area contributed by atoms with Crippen LogP contribution in [-0.2, 0) is 4.79 Å². The Morgan fingerprint density at radius 3 is 2.61 bits per heavy atom. The van der Waals surface area contributed by atoms with Crippen LogP contribution in [0.5, 0.6) is 0 Å². The molecule has 2 unspecified atom stereocenters. The first-order valence-corrected chi connectivity index (χ1v) is 6.74. The van der Waals surface area contributed by atoms with Crippen LogP contribution in [-0.4, -0.2) is 41.1 Å². The summed E-state index contributed by atoms with van der Waals surface area (Å²) in [5.41, 5.74) is 0. The monoisotopic (exact) mass is 256 g/mol. The number of carbonyl (C=O) groups excluding carboxylic acids is 1. The van der Waals surface area contributed by atoms with E-state index in [1.807, 2.05) is 0 Å². The summed E-state index contributed by atoms with van der Waals surface area (Å²) in [4.78, 5) is 24.8. The molecule has 0 aromatic carbocycles. The third-order valence-electron chi connectivity index (χ3n) is 3.60. The fraction of sp³-hybridized carbons (Fsp3) is 0.846. The van der Waals surface area contributed by atoms with Gasteiger partial charge >= 0.3 is 12.0 Å². The van der Waals surface area contributed by atoms with Gasteiger partial charge in [0.05, 0.1) is 0 Å². The highest BCUT2D eigenvalue weighted by molar-refractivity contribution is 5.82. The number of hydrogen-bond donors (Lipinski definition) is 2. The van der Waals surface area contributed by atoms with Crippen molar-refractivity contribution in [3.05, 3.63) is 0 Å². The van der Waals surface area contributed by atoms with Crippen LogP contribution in [0.3, 0.4) is 0 Å². The quantitative estimate of drug-likeness (QED) is 0.807. The average Bonchev–Trinajstić information content (AvgIpc) is 2.34. The van der Waals surface area contributed by atoms with Crippen molar-refractivity contribution in [2.75, 3.05) is 13.1 Å². The Morgan fingerprint density at radius 1 is 1.44 bits per heavy atom. The van der Waals surface area contributed by atoms with Crippen molar-refractivity contribution < 1.29 is 14.7 Å². The molecule has 2 atom stereocenters. The summed E-state index contributed by atoms with van der Waals surface area (Å²) in [7, 11) is 0. The topological polar surface area (TPSA) is 69.6 Å². The lowest BCUT2D eigenvalue weighted by Crippen LogP contribution is -2.52. The summed E-state index contributed by atoms with van der Waals surface area (Å²) in [6.07, 6.45) is 3.23. The number of piperidine rings is 1. The Kier molecular flexibility index (Phi) is 5.44. The maximum atomic E-state index is 12.0. The Morgan fingerprint density at radius 2 is 2.11 bits per heavy atom.